The lowest BCUT2D eigenvalue weighted by Crippen LogP contribution is -2.45. The Morgan fingerprint density at radius 2 is 1.67 bits per heavy atom. The summed E-state index contributed by atoms with van der Waals surface area (Å²) in [5, 5.41) is 7.52. The van der Waals surface area contributed by atoms with E-state index in [1.165, 1.54) is 35.2 Å². The van der Waals surface area contributed by atoms with Gasteiger partial charge in [0.25, 0.3) is 0 Å². The molecular formula is C33H32F4N4O3S2. The van der Waals surface area contributed by atoms with Crippen LogP contribution in [0.2, 0.25) is 0 Å². The first-order chi connectivity index (χ1) is 21.0. The standard InChI is InChI=1S/C33H28F4N4O3.2H2S/c1-3-28(43)38-19-26-30-29(20-13-15-23(34)16-14-20)25(18-27(42)21-9-8-10-22(17-21)33(35,36)37)32(44)40(4-2)31(30)41(39-26)24-11-6-5-7-12-24;;/h3,5-17,25,29H,1,4,18-19H2,2H3,(H,38,43);2*1H2/t25-,29+;;/m0../s1. The highest BCUT2D eigenvalue weighted by molar-refractivity contribution is 7.59. The highest BCUT2D eigenvalue weighted by Gasteiger charge is 2.46. The van der Waals surface area contributed by atoms with Crippen molar-refractivity contribution in [2.45, 2.75) is 32.0 Å². The maximum Gasteiger partial charge on any atom is 0.416 e. The normalized spacial score (nSPS) is 15.7. The Morgan fingerprint density at radius 3 is 2.28 bits per heavy atom. The van der Waals surface area contributed by atoms with Crippen LogP contribution in [-0.4, -0.2) is 33.9 Å². The fourth-order valence-electron chi connectivity index (χ4n) is 5.58. The predicted octanol–water partition coefficient (Wildman–Crippen LogP) is 6.45. The fourth-order valence-corrected chi connectivity index (χ4v) is 5.58. The summed E-state index contributed by atoms with van der Waals surface area (Å²) in [6.45, 7) is 5.37. The minimum Gasteiger partial charge on any atom is -0.347 e. The third kappa shape index (κ3) is 7.20. The lowest BCUT2D eigenvalue weighted by atomic mass is 9.74. The molecule has 3 aromatic carbocycles. The van der Waals surface area contributed by atoms with Crippen LogP contribution in [0.1, 0.15) is 52.0 Å². The molecule has 1 aromatic heterocycles. The van der Waals surface area contributed by atoms with Gasteiger partial charge in [0, 0.05) is 30.0 Å². The van der Waals surface area contributed by atoms with Crippen molar-refractivity contribution in [3.05, 3.63) is 125 Å². The number of carbonyl (C=O) groups is 3. The van der Waals surface area contributed by atoms with E-state index in [0.29, 0.717) is 28.3 Å². The third-order valence-corrected chi connectivity index (χ3v) is 7.60. The van der Waals surface area contributed by atoms with Crippen LogP contribution in [0.3, 0.4) is 0 Å². The zero-order chi connectivity index (χ0) is 31.6. The molecule has 2 heterocycles. The van der Waals surface area contributed by atoms with Gasteiger partial charge in [-0.3, -0.25) is 19.3 Å². The summed E-state index contributed by atoms with van der Waals surface area (Å²) >= 11 is 0. The molecule has 2 amide bonds. The molecule has 242 valence electrons. The first kappa shape index (κ1) is 36.1. The SMILES string of the molecule is C=CC(=O)NCc1nn(-c2ccccc2)c2c1[C@H](c1ccc(F)cc1)[C@H](CC(=O)c1cccc(C(F)(F)F)c1)C(=O)N2CC.S.S. The number of amides is 2. The Labute approximate surface area is 277 Å². The summed E-state index contributed by atoms with van der Waals surface area (Å²) in [5.41, 5.74) is 0.909. The van der Waals surface area contributed by atoms with Gasteiger partial charge in [0.1, 0.15) is 11.6 Å². The summed E-state index contributed by atoms with van der Waals surface area (Å²) < 4.78 is 55.9. The molecule has 46 heavy (non-hydrogen) atoms. The van der Waals surface area contributed by atoms with Crippen LogP contribution in [0.25, 0.3) is 5.69 Å². The van der Waals surface area contributed by atoms with Crippen molar-refractivity contribution in [1.82, 2.24) is 15.1 Å². The number of carbonyl (C=O) groups excluding carboxylic acids is 3. The van der Waals surface area contributed by atoms with Crippen molar-refractivity contribution >= 4 is 50.4 Å². The molecular weight excluding hydrogens is 641 g/mol. The lowest BCUT2D eigenvalue weighted by molar-refractivity contribution is -0.137. The maximum absolute atomic E-state index is 14.3. The molecule has 1 aliphatic rings. The molecule has 7 nitrogen and oxygen atoms in total. The van der Waals surface area contributed by atoms with Crippen LogP contribution >= 0.6 is 27.0 Å². The van der Waals surface area contributed by atoms with E-state index in [1.54, 1.807) is 35.9 Å². The van der Waals surface area contributed by atoms with Crippen LogP contribution in [0.15, 0.2) is 91.5 Å². The third-order valence-electron chi connectivity index (χ3n) is 7.60. The zero-order valence-corrected chi connectivity index (χ0v) is 26.6. The summed E-state index contributed by atoms with van der Waals surface area (Å²) in [5.74, 6) is -3.56. The van der Waals surface area contributed by atoms with Crippen LogP contribution in [-0.2, 0) is 22.3 Å². The quantitative estimate of drug-likeness (QED) is 0.126. The molecule has 0 saturated heterocycles. The number of nitrogens with zero attached hydrogens (tertiary/aromatic N) is 3. The lowest BCUT2D eigenvalue weighted by Gasteiger charge is -2.38. The summed E-state index contributed by atoms with van der Waals surface area (Å²) in [6.07, 6.45) is -3.97. The minimum absolute atomic E-state index is 0. The van der Waals surface area contributed by atoms with Crippen molar-refractivity contribution in [2.24, 2.45) is 5.92 Å². The number of fused-ring (bicyclic) bond motifs is 1. The van der Waals surface area contributed by atoms with Gasteiger partial charge in [-0.1, -0.05) is 49.0 Å². The highest BCUT2D eigenvalue weighted by atomic mass is 32.1. The second-order valence-corrected chi connectivity index (χ2v) is 10.3. The minimum atomic E-state index is -4.65. The molecule has 0 saturated carbocycles. The number of hydrogen-bond donors (Lipinski definition) is 1. The van der Waals surface area contributed by atoms with E-state index >= 15 is 0 Å². The predicted molar refractivity (Wildman–Crippen MR) is 177 cm³/mol. The number of benzene rings is 3. The Balaban J connectivity index is 0.00000288. The zero-order valence-electron chi connectivity index (χ0n) is 24.6. The van der Waals surface area contributed by atoms with E-state index in [2.05, 4.69) is 11.9 Å². The Bertz CT molecular complexity index is 1730. The molecule has 0 fully saturated rings. The second kappa shape index (κ2) is 14.8. The van der Waals surface area contributed by atoms with Crippen LogP contribution in [0, 0.1) is 11.7 Å². The maximum atomic E-state index is 14.3. The number of Topliss-reactive ketones (excluding diaryl/α,β-unsaturated/α-hetero) is 1. The fraction of sp³-hybridized carbons (Fsp3) is 0.212. The van der Waals surface area contributed by atoms with Crippen molar-refractivity contribution in [3.63, 3.8) is 0 Å². The molecule has 4 aromatic rings. The van der Waals surface area contributed by atoms with Gasteiger partial charge in [-0.2, -0.15) is 45.3 Å². The number of nitrogens with one attached hydrogen (secondary N) is 1. The summed E-state index contributed by atoms with van der Waals surface area (Å²) in [6, 6.07) is 18.6. The number of ketones is 1. The molecule has 0 radical (unpaired) electrons. The van der Waals surface area contributed by atoms with Crippen molar-refractivity contribution in [1.29, 1.82) is 0 Å². The van der Waals surface area contributed by atoms with E-state index in [-0.39, 0.29) is 45.6 Å². The van der Waals surface area contributed by atoms with Gasteiger partial charge in [0.2, 0.25) is 11.8 Å². The average Bonchev–Trinajstić information content (AvgIpc) is 3.39. The van der Waals surface area contributed by atoms with Gasteiger partial charge in [-0.25, -0.2) is 9.07 Å². The molecule has 1 N–H and O–H groups in total. The smallest absolute Gasteiger partial charge is 0.347 e. The van der Waals surface area contributed by atoms with Crippen molar-refractivity contribution < 1.29 is 31.9 Å². The molecule has 5 rings (SSSR count). The second-order valence-electron chi connectivity index (χ2n) is 10.3. The van der Waals surface area contributed by atoms with Crippen LogP contribution < -0.4 is 10.2 Å². The van der Waals surface area contributed by atoms with Crippen molar-refractivity contribution in [2.75, 3.05) is 11.4 Å². The van der Waals surface area contributed by atoms with E-state index in [0.717, 1.165) is 24.3 Å². The average molecular weight is 673 g/mol. The molecule has 1 aliphatic heterocycles. The van der Waals surface area contributed by atoms with E-state index < -0.39 is 53.4 Å². The molecule has 0 bridgehead atoms. The Kier molecular flexibility index (Phi) is 11.6. The number of hydrogen-bond acceptors (Lipinski definition) is 4. The van der Waals surface area contributed by atoms with Crippen molar-refractivity contribution in [3.8, 4) is 5.69 Å². The number of halogens is 4. The van der Waals surface area contributed by atoms with E-state index in [4.69, 9.17) is 5.10 Å². The number of alkyl halides is 3. The molecule has 0 aliphatic carbocycles. The summed E-state index contributed by atoms with van der Waals surface area (Å²) in [4.78, 5) is 41.5. The number of anilines is 1. The molecule has 0 spiro atoms. The van der Waals surface area contributed by atoms with Crippen LogP contribution in [0.4, 0.5) is 23.4 Å². The molecule has 13 heteroatoms. The first-order valence-electron chi connectivity index (χ1n) is 13.9. The van der Waals surface area contributed by atoms with Gasteiger partial charge in [0.05, 0.1) is 29.4 Å². The molecule has 0 unspecified atom stereocenters. The first-order valence-corrected chi connectivity index (χ1v) is 13.9. The van der Waals surface area contributed by atoms with Gasteiger partial charge < -0.3 is 5.32 Å². The van der Waals surface area contributed by atoms with E-state index in [1.807, 2.05) is 6.07 Å². The van der Waals surface area contributed by atoms with Gasteiger partial charge in [-0.05, 0) is 55.0 Å². The monoisotopic (exact) mass is 672 g/mol. The number of para-hydroxylation sites is 1. The summed E-state index contributed by atoms with van der Waals surface area (Å²) in [7, 11) is 0. The van der Waals surface area contributed by atoms with Gasteiger partial charge in [0.15, 0.2) is 5.78 Å². The van der Waals surface area contributed by atoms with Gasteiger partial charge >= 0.3 is 6.18 Å². The van der Waals surface area contributed by atoms with Crippen LogP contribution in [0.5, 0.6) is 0 Å². The topological polar surface area (TPSA) is 84.3 Å². The Morgan fingerprint density at radius 1 is 1.00 bits per heavy atom. The Hall–Kier alpha value is -4.36. The van der Waals surface area contributed by atoms with E-state index in [9.17, 15) is 31.9 Å². The number of aromatic nitrogens is 2. The molecule has 2 atom stereocenters. The highest BCUT2D eigenvalue weighted by Crippen LogP contribution is 2.47. The van der Waals surface area contributed by atoms with Gasteiger partial charge in [-0.15, -0.1) is 0 Å². The largest absolute Gasteiger partial charge is 0.416 e. The number of rotatable bonds is 9.